The number of carbonyl (C=O) groups is 2. The standard InChI is InChI=1S/C30H35N3O4S/c1-22(31)26-14-10-24(11-15-26)13-17-29(34)19-33-30(35)27(16-12-23-6-3-2-4-7-23)21-38(36,37)20-25-8-5-9-28(32)18-25/h2-11,14-15,18,27H,1,12-13,16-17,19-21,31-32H2,(H,33,35)/t27-/m0/s1. The number of aryl methyl sites for hydroxylation is 2. The predicted molar refractivity (Wildman–Crippen MR) is 153 cm³/mol. The third kappa shape index (κ3) is 9.52. The zero-order valence-corrected chi connectivity index (χ0v) is 22.3. The van der Waals surface area contributed by atoms with Crippen LogP contribution in [-0.2, 0) is 38.0 Å². The van der Waals surface area contributed by atoms with Crippen molar-refractivity contribution in [3.63, 3.8) is 0 Å². The normalized spacial score (nSPS) is 12.0. The predicted octanol–water partition coefficient (Wildman–Crippen LogP) is 3.68. The molecule has 0 heterocycles. The van der Waals surface area contributed by atoms with E-state index < -0.39 is 21.7 Å². The van der Waals surface area contributed by atoms with Crippen molar-refractivity contribution in [3.8, 4) is 0 Å². The van der Waals surface area contributed by atoms with E-state index in [4.69, 9.17) is 11.5 Å². The molecule has 0 fully saturated rings. The molecule has 3 aromatic rings. The molecule has 0 aromatic heterocycles. The van der Waals surface area contributed by atoms with E-state index in [9.17, 15) is 18.0 Å². The van der Waals surface area contributed by atoms with Crippen LogP contribution in [0.25, 0.3) is 5.70 Å². The summed E-state index contributed by atoms with van der Waals surface area (Å²) in [5, 5.41) is 2.67. The number of anilines is 1. The molecule has 1 atom stereocenters. The maximum atomic E-state index is 13.1. The molecule has 0 aliphatic heterocycles. The van der Waals surface area contributed by atoms with E-state index in [1.165, 1.54) is 0 Å². The number of rotatable bonds is 14. The summed E-state index contributed by atoms with van der Waals surface area (Å²) in [4.78, 5) is 25.5. The van der Waals surface area contributed by atoms with E-state index in [0.29, 0.717) is 36.2 Å². The van der Waals surface area contributed by atoms with Crippen LogP contribution in [0.2, 0.25) is 0 Å². The van der Waals surface area contributed by atoms with Gasteiger partial charge >= 0.3 is 0 Å². The second kappa shape index (κ2) is 13.6. The van der Waals surface area contributed by atoms with Crippen molar-refractivity contribution in [2.24, 2.45) is 11.7 Å². The summed E-state index contributed by atoms with van der Waals surface area (Å²) in [5.74, 6) is -1.87. The Labute approximate surface area is 224 Å². The third-order valence-corrected chi connectivity index (χ3v) is 7.95. The van der Waals surface area contributed by atoms with E-state index in [-0.39, 0.29) is 30.3 Å². The van der Waals surface area contributed by atoms with E-state index in [1.54, 1.807) is 24.3 Å². The molecule has 0 radical (unpaired) electrons. The lowest BCUT2D eigenvalue weighted by molar-refractivity contribution is -0.127. The number of hydrogen-bond donors (Lipinski definition) is 3. The Bertz CT molecular complexity index is 1350. The summed E-state index contributed by atoms with van der Waals surface area (Å²) in [6.07, 6.45) is 1.68. The first kappa shape index (κ1) is 28.7. The number of nitrogen functional groups attached to an aromatic ring is 1. The summed E-state index contributed by atoms with van der Waals surface area (Å²) in [7, 11) is -3.61. The minimum atomic E-state index is -3.61. The monoisotopic (exact) mass is 533 g/mol. The van der Waals surface area contributed by atoms with Gasteiger partial charge in [-0.3, -0.25) is 9.59 Å². The van der Waals surface area contributed by atoms with Crippen molar-refractivity contribution >= 4 is 32.9 Å². The topological polar surface area (TPSA) is 132 Å². The Morgan fingerprint density at radius 2 is 1.53 bits per heavy atom. The van der Waals surface area contributed by atoms with Gasteiger partial charge in [0.2, 0.25) is 5.91 Å². The first-order valence-corrected chi connectivity index (χ1v) is 14.4. The Kier molecular flexibility index (Phi) is 10.2. The zero-order valence-electron chi connectivity index (χ0n) is 21.4. The number of carbonyl (C=O) groups excluding carboxylic acids is 2. The molecule has 5 N–H and O–H groups in total. The molecule has 200 valence electrons. The van der Waals surface area contributed by atoms with Crippen LogP contribution in [0.4, 0.5) is 5.69 Å². The highest BCUT2D eigenvalue weighted by Crippen LogP contribution is 2.17. The molecule has 1 amide bonds. The molecule has 0 aliphatic carbocycles. The first-order valence-electron chi connectivity index (χ1n) is 12.5. The van der Waals surface area contributed by atoms with E-state index in [1.807, 2.05) is 54.6 Å². The highest BCUT2D eigenvalue weighted by Gasteiger charge is 2.26. The lowest BCUT2D eigenvalue weighted by atomic mass is 10.00. The van der Waals surface area contributed by atoms with Gasteiger partial charge in [-0.25, -0.2) is 8.42 Å². The van der Waals surface area contributed by atoms with Gasteiger partial charge in [0.05, 0.1) is 24.0 Å². The van der Waals surface area contributed by atoms with Gasteiger partial charge in [0, 0.05) is 17.8 Å². The van der Waals surface area contributed by atoms with Gasteiger partial charge in [0.25, 0.3) is 0 Å². The SMILES string of the molecule is C=C(N)c1ccc(CCC(=O)CNC(=O)[C@@H](CCc2ccccc2)CS(=O)(=O)Cc2cccc(N)c2)cc1. The molecule has 0 saturated heterocycles. The van der Waals surface area contributed by atoms with Crippen molar-refractivity contribution in [1.82, 2.24) is 5.32 Å². The van der Waals surface area contributed by atoms with Gasteiger partial charge in [0.1, 0.15) is 0 Å². The Morgan fingerprint density at radius 3 is 2.18 bits per heavy atom. The number of benzene rings is 3. The van der Waals surface area contributed by atoms with Crippen LogP contribution in [0.5, 0.6) is 0 Å². The minimum absolute atomic E-state index is 0.130. The lowest BCUT2D eigenvalue weighted by Crippen LogP contribution is -2.38. The molecular formula is C30H35N3O4S. The number of ketones is 1. The van der Waals surface area contributed by atoms with E-state index in [0.717, 1.165) is 16.7 Å². The first-order chi connectivity index (χ1) is 18.1. The van der Waals surface area contributed by atoms with Gasteiger partial charge in [-0.1, -0.05) is 73.3 Å². The van der Waals surface area contributed by atoms with Crippen molar-refractivity contribution in [1.29, 1.82) is 0 Å². The fourth-order valence-corrected chi connectivity index (χ4v) is 5.90. The number of nitrogens with two attached hydrogens (primary N) is 2. The molecule has 3 rings (SSSR count). The fraction of sp³-hybridized carbons (Fsp3) is 0.267. The summed E-state index contributed by atoms with van der Waals surface area (Å²) in [5.41, 5.74) is 15.8. The molecule has 0 bridgehead atoms. The van der Waals surface area contributed by atoms with Crippen LogP contribution in [0.15, 0.2) is 85.4 Å². The molecule has 0 saturated carbocycles. The molecule has 0 unspecified atom stereocenters. The second-order valence-corrected chi connectivity index (χ2v) is 11.6. The van der Waals surface area contributed by atoms with Crippen LogP contribution in [-0.4, -0.2) is 32.4 Å². The van der Waals surface area contributed by atoms with Crippen LogP contribution in [0, 0.1) is 5.92 Å². The lowest BCUT2D eigenvalue weighted by Gasteiger charge is -2.17. The van der Waals surface area contributed by atoms with Gasteiger partial charge in [-0.2, -0.15) is 0 Å². The molecule has 0 aliphatic rings. The van der Waals surface area contributed by atoms with Crippen molar-refractivity contribution in [2.45, 2.75) is 31.4 Å². The van der Waals surface area contributed by atoms with Crippen molar-refractivity contribution in [3.05, 3.63) is 108 Å². The number of amides is 1. The Balaban J connectivity index is 1.59. The van der Waals surface area contributed by atoms with Crippen LogP contribution in [0.3, 0.4) is 0 Å². The number of Topliss-reactive ketones (excluding diaryl/α,β-unsaturated/α-hetero) is 1. The molecule has 3 aromatic carbocycles. The summed E-state index contributed by atoms with van der Waals surface area (Å²) in [6.45, 7) is 3.56. The second-order valence-electron chi connectivity index (χ2n) is 9.50. The number of hydrogen-bond acceptors (Lipinski definition) is 6. The van der Waals surface area contributed by atoms with Crippen LogP contribution < -0.4 is 16.8 Å². The van der Waals surface area contributed by atoms with Gasteiger partial charge in [-0.15, -0.1) is 0 Å². The molecule has 38 heavy (non-hydrogen) atoms. The fourth-order valence-electron chi connectivity index (χ4n) is 4.17. The third-order valence-electron chi connectivity index (χ3n) is 6.26. The number of nitrogens with one attached hydrogen (secondary N) is 1. The smallest absolute Gasteiger partial charge is 0.224 e. The Morgan fingerprint density at radius 1 is 0.868 bits per heavy atom. The molecular weight excluding hydrogens is 498 g/mol. The van der Waals surface area contributed by atoms with Crippen molar-refractivity contribution in [2.75, 3.05) is 18.0 Å². The number of sulfone groups is 1. The largest absolute Gasteiger partial charge is 0.399 e. The minimum Gasteiger partial charge on any atom is -0.399 e. The molecule has 7 nitrogen and oxygen atoms in total. The highest BCUT2D eigenvalue weighted by atomic mass is 32.2. The molecule has 8 heteroatoms. The van der Waals surface area contributed by atoms with Gasteiger partial charge in [0.15, 0.2) is 15.6 Å². The summed E-state index contributed by atoms with van der Waals surface area (Å²) >= 11 is 0. The highest BCUT2D eigenvalue weighted by molar-refractivity contribution is 7.90. The van der Waals surface area contributed by atoms with E-state index in [2.05, 4.69) is 11.9 Å². The summed E-state index contributed by atoms with van der Waals surface area (Å²) < 4.78 is 26.0. The van der Waals surface area contributed by atoms with Crippen LogP contribution >= 0.6 is 0 Å². The van der Waals surface area contributed by atoms with Crippen molar-refractivity contribution < 1.29 is 18.0 Å². The van der Waals surface area contributed by atoms with E-state index >= 15 is 0 Å². The average Bonchev–Trinajstić information content (AvgIpc) is 2.89. The van der Waals surface area contributed by atoms with Gasteiger partial charge < -0.3 is 16.8 Å². The maximum Gasteiger partial charge on any atom is 0.224 e. The quantitative estimate of drug-likeness (QED) is 0.271. The van der Waals surface area contributed by atoms with Gasteiger partial charge in [-0.05, 0) is 53.6 Å². The van der Waals surface area contributed by atoms with Crippen LogP contribution in [0.1, 0.15) is 35.1 Å². The molecule has 0 spiro atoms. The summed E-state index contributed by atoms with van der Waals surface area (Å²) in [6, 6.07) is 23.8. The average molecular weight is 534 g/mol. The zero-order chi connectivity index (χ0) is 27.5. The Hall–Kier alpha value is -3.91. The maximum absolute atomic E-state index is 13.1.